The van der Waals surface area contributed by atoms with Crippen molar-refractivity contribution in [3.63, 3.8) is 0 Å². The van der Waals surface area contributed by atoms with Crippen LogP contribution < -0.4 is 5.73 Å². The fourth-order valence-corrected chi connectivity index (χ4v) is 2.07. The highest BCUT2D eigenvalue weighted by molar-refractivity contribution is 9.11. The lowest BCUT2D eigenvalue weighted by atomic mass is 10.2. The van der Waals surface area contributed by atoms with Crippen LogP contribution in [0.15, 0.2) is 15.0 Å². The molecular formula is C7H3Br2F2NO. The predicted molar refractivity (Wildman–Crippen MR) is 50.3 cm³/mol. The molecule has 1 rings (SSSR count). The average molecular weight is 315 g/mol. The molecular weight excluding hydrogens is 312 g/mol. The van der Waals surface area contributed by atoms with Crippen LogP contribution in [0.5, 0.6) is 0 Å². The first-order chi connectivity index (χ1) is 5.95. The van der Waals surface area contributed by atoms with Gasteiger partial charge < -0.3 is 5.73 Å². The molecule has 1 aromatic carbocycles. The minimum absolute atomic E-state index is 0.145. The number of halogens is 4. The maximum Gasteiger partial charge on any atom is 0.251 e. The Morgan fingerprint density at radius 3 is 1.92 bits per heavy atom. The van der Waals surface area contributed by atoms with Gasteiger partial charge in [0.15, 0.2) is 0 Å². The zero-order valence-corrected chi connectivity index (χ0v) is 9.25. The minimum atomic E-state index is -0.905. The maximum atomic E-state index is 12.9. The van der Waals surface area contributed by atoms with Crippen LogP contribution in [0.25, 0.3) is 0 Å². The number of hydrogen-bond acceptors (Lipinski definition) is 1. The van der Waals surface area contributed by atoms with E-state index < -0.39 is 17.5 Å². The molecule has 0 aliphatic rings. The van der Waals surface area contributed by atoms with E-state index in [0.717, 1.165) is 0 Å². The summed E-state index contributed by atoms with van der Waals surface area (Å²) in [5.41, 5.74) is 4.68. The SMILES string of the molecule is NC(=O)c1c(Br)c(F)cc(F)c1Br. The van der Waals surface area contributed by atoms with Crippen LogP contribution in [-0.4, -0.2) is 5.91 Å². The summed E-state index contributed by atoms with van der Waals surface area (Å²) in [6.07, 6.45) is 0. The molecule has 0 aromatic heterocycles. The van der Waals surface area contributed by atoms with Crippen LogP contribution in [-0.2, 0) is 0 Å². The largest absolute Gasteiger partial charge is 0.366 e. The molecule has 1 aromatic rings. The molecule has 1 amide bonds. The molecule has 0 bridgehead atoms. The van der Waals surface area contributed by atoms with Gasteiger partial charge in [-0.1, -0.05) is 0 Å². The van der Waals surface area contributed by atoms with Crippen LogP contribution in [0.4, 0.5) is 8.78 Å². The number of amides is 1. The third kappa shape index (κ3) is 1.88. The van der Waals surface area contributed by atoms with Crippen molar-refractivity contribution >= 4 is 37.8 Å². The number of nitrogens with two attached hydrogens (primary N) is 1. The topological polar surface area (TPSA) is 43.1 Å². The fraction of sp³-hybridized carbons (Fsp3) is 0. The van der Waals surface area contributed by atoms with E-state index in [-0.39, 0.29) is 14.5 Å². The fourth-order valence-electron chi connectivity index (χ4n) is 0.789. The molecule has 0 spiro atoms. The Hall–Kier alpha value is -0.490. The third-order valence-electron chi connectivity index (χ3n) is 1.36. The van der Waals surface area contributed by atoms with Crippen molar-refractivity contribution in [3.8, 4) is 0 Å². The van der Waals surface area contributed by atoms with E-state index in [0.29, 0.717) is 6.07 Å². The molecule has 2 N–H and O–H groups in total. The Labute approximate surface area is 89.4 Å². The average Bonchev–Trinajstić information content (AvgIpc) is 2.01. The molecule has 0 fully saturated rings. The molecule has 13 heavy (non-hydrogen) atoms. The van der Waals surface area contributed by atoms with Gasteiger partial charge in [-0.05, 0) is 31.9 Å². The van der Waals surface area contributed by atoms with Crippen LogP contribution in [0.1, 0.15) is 10.4 Å². The molecule has 0 aliphatic carbocycles. The van der Waals surface area contributed by atoms with E-state index in [1.54, 1.807) is 0 Å². The molecule has 0 aliphatic heterocycles. The summed E-state index contributed by atoms with van der Waals surface area (Å²) in [5.74, 6) is -2.64. The zero-order chi connectivity index (χ0) is 10.2. The van der Waals surface area contributed by atoms with Crippen molar-refractivity contribution in [1.82, 2.24) is 0 Å². The molecule has 2 nitrogen and oxygen atoms in total. The van der Waals surface area contributed by atoms with Gasteiger partial charge in [-0.25, -0.2) is 8.78 Å². The molecule has 0 radical (unpaired) electrons. The third-order valence-corrected chi connectivity index (χ3v) is 2.91. The summed E-state index contributed by atoms with van der Waals surface area (Å²) in [4.78, 5) is 10.8. The van der Waals surface area contributed by atoms with Gasteiger partial charge in [0.25, 0.3) is 5.91 Å². The predicted octanol–water partition coefficient (Wildman–Crippen LogP) is 2.59. The van der Waals surface area contributed by atoms with E-state index in [2.05, 4.69) is 31.9 Å². The summed E-state index contributed by atoms with van der Waals surface area (Å²) >= 11 is 5.59. The lowest BCUT2D eigenvalue weighted by Gasteiger charge is -2.04. The molecule has 0 saturated carbocycles. The monoisotopic (exact) mass is 313 g/mol. The van der Waals surface area contributed by atoms with E-state index in [1.165, 1.54) is 0 Å². The standard InChI is InChI=1S/C7H3Br2F2NO/c8-5-2(10)1-3(11)6(9)4(5)7(12)13/h1H,(H2,12,13). The van der Waals surface area contributed by atoms with Gasteiger partial charge in [0.05, 0.1) is 14.5 Å². The zero-order valence-electron chi connectivity index (χ0n) is 6.07. The van der Waals surface area contributed by atoms with Gasteiger partial charge in [0, 0.05) is 6.07 Å². The Morgan fingerprint density at radius 1 is 1.23 bits per heavy atom. The summed E-state index contributed by atoms with van der Waals surface area (Å²) in [6, 6.07) is 0.653. The summed E-state index contributed by atoms with van der Waals surface area (Å²) in [6.45, 7) is 0. The van der Waals surface area contributed by atoms with Gasteiger partial charge in [0.2, 0.25) is 0 Å². The van der Waals surface area contributed by atoms with Gasteiger partial charge in [-0.3, -0.25) is 4.79 Å². The first kappa shape index (κ1) is 10.6. The quantitative estimate of drug-likeness (QED) is 0.796. The number of primary amides is 1. The van der Waals surface area contributed by atoms with E-state index in [1.807, 2.05) is 0 Å². The van der Waals surface area contributed by atoms with Crippen molar-refractivity contribution in [1.29, 1.82) is 0 Å². The molecule has 0 unspecified atom stereocenters. The number of hydrogen-bond donors (Lipinski definition) is 1. The first-order valence-electron chi connectivity index (χ1n) is 3.08. The van der Waals surface area contributed by atoms with Crippen molar-refractivity contribution in [3.05, 3.63) is 32.2 Å². The second-order valence-corrected chi connectivity index (χ2v) is 3.79. The van der Waals surface area contributed by atoms with Gasteiger partial charge in [0.1, 0.15) is 11.6 Å². The van der Waals surface area contributed by atoms with Crippen LogP contribution in [0, 0.1) is 11.6 Å². The van der Waals surface area contributed by atoms with Crippen molar-refractivity contribution < 1.29 is 13.6 Å². The number of carbonyl (C=O) groups excluding carboxylic acids is 1. The lowest BCUT2D eigenvalue weighted by molar-refractivity contribution is 0.0997. The summed E-state index contributed by atoms with van der Waals surface area (Å²) < 4.78 is 25.4. The summed E-state index contributed by atoms with van der Waals surface area (Å²) in [7, 11) is 0. The van der Waals surface area contributed by atoms with E-state index >= 15 is 0 Å². The number of benzene rings is 1. The Morgan fingerprint density at radius 2 is 1.62 bits per heavy atom. The number of rotatable bonds is 1. The summed E-state index contributed by atoms with van der Waals surface area (Å²) in [5, 5.41) is 0. The Balaban J connectivity index is 3.56. The first-order valence-corrected chi connectivity index (χ1v) is 4.66. The minimum Gasteiger partial charge on any atom is -0.366 e. The molecule has 70 valence electrons. The molecule has 0 saturated heterocycles. The second-order valence-electron chi connectivity index (χ2n) is 2.21. The highest BCUT2D eigenvalue weighted by atomic mass is 79.9. The normalized spacial score (nSPS) is 10.2. The van der Waals surface area contributed by atoms with Crippen molar-refractivity contribution in [2.75, 3.05) is 0 Å². The van der Waals surface area contributed by atoms with Gasteiger partial charge in [-0.2, -0.15) is 0 Å². The smallest absolute Gasteiger partial charge is 0.251 e. The van der Waals surface area contributed by atoms with E-state index in [4.69, 9.17) is 5.73 Å². The maximum absolute atomic E-state index is 12.9. The second kappa shape index (κ2) is 3.71. The molecule has 6 heteroatoms. The molecule has 0 heterocycles. The number of carbonyl (C=O) groups is 1. The lowest BCUT2D eigenvalue weighted by Crippen LogP contribution is -2.14. The highest BCUT2D eigenvalue weighted by Crippen LogP contribution is 2.29. The van der Waals surface area contributed by atoms with Crippen LogP contribution in [0.3, 0.4) is 0 Å². The Kier molecular flexibility index (Phi) is 3.02. The van der Waals surface area contributed by atoms with E-state index in [9.17, 15) is 13.6 Å². The van der Waals surface area contributed by atoms with Crippen LogP contribution in [0.2, 0.25) is 0 Å². The van der Waals surface area contributed by atoms with Gasteiger partial charge in [-0.15, -0.1) is 0 Å². The van der Waals surface area contributed by atoms with Crippen molar-refractivity contribution in [2.45, 2.75) is 0 Å². The Bertz CT molecular complexity index is 355. The van der Waals surface area contributed by atoms with Gasteiger partial charge >= 0.3 is 0 Å². The highest BCUT2D eigenvalue weighted by Gasteiger charge is 2.18. The van der Waals surface area contributed by atoms with Crippen molar-refractivity contribution in [2.24, 2.45) is 5.73 Å². The van der Waals surface area contributed by atoms with Crippen LogP contribution >= 0.6 is 31.9 Å². The molecule has 0 atom stereocenters.